The van der Waals surface area contributed by atoms with E-state index in [-0.39, 0.29) is 5.78 Å². The number of esters is 1. The van der Waals surface area contributed by atoms with E-state index in [1.165, 1.54) is 7.11 Å². The van der Waals surface area contributed by atoms with Crippen LogP contribution in [0.15, 0.2) is 24.3 Å². The zero-order valence-electron chi connectivity index (χ0n) is 15.3. The van der Waals surface area contributed by atoms with Crippen molar-refractivity contribution in [3.8, 4) is 0 Å². The fraction of sp³-hybridized carbons (Fsp3) is 0.316. The minimum atomic E-state index is -0.425. The van der Waals surface area contributed by atoms with Crippen LogP contribution < -0.4 is 4.90 Å². The molecular formula is C19H22N3O3S+. The number of Topliss-reactive ketones (excluding diaryl/α,β-unsaturated/α-hetero) is 1. The van der Waals surface area contributed by atoms with Gasteiger partial charge in [-0.05, 0) is 31.5 Å². The molecular weight excluding hydrogens is 350 g/mol. The van der Waals surface area contributed by atoms with Crippen molar-refractivity contribution in [2.75, 3.05) is 20.7 Å². The number of ether oxygens (including phenoxy) is 1. The van der Waals surface area contributed by atoms with Crippen LogP contribution in [0.3, 0.4) is 0 Å². The standard InChI is InChI=1S/C19H21N3O3S/c1-11-17(19(24)25-4)12(2)20-18(11)14(23)9-22(3)10-16-21-13-7-5-6-8-15(13)26-16/h5-8,20H,9-10H2,1-4H3/p+1. The molecule has 136 valence electrons. The smallest absolute Gasteiger partial charge is 0.339 e. The summed E-state index contributed by atoms with van der Waals surface area (Å²) < 4.78 is 5.95. The molecule has 0 fully saturated rings. The number of carbonyl (C=O) groups is 2. The van der Waals surface area contributed by atoms with Crippen molar-refractivity contribution >= 4 is 33.3 Å². The molecule has 3 aromatic rings. The second-order valence-electron chi connectivity index (χ2n) is 6.43. The van der Waals surface area contributed by atoms with E-state index in [0.717, 1.165) is 20.1 Å². The maximum absolute atomic E-state index is 12.7. The molecule has 0 saturated heterocycles. The number of quaternary nitrogens is 1. The number of methoxy groups -OCH3 is 1. The fourth-order valence-corrected chi connectivity index (χ4v) is 4.20. The Labute approximate surface area is 155 Å². The van der Waals surface area contributed by atoms with Gasteiger partial charge >= 0.3 is 5.97 Å². The van der Waals surface area contributed by atoms with Crippen molar-refractivity contribution in [2.24, 2.45) is 0 Å². The highest BCUT2D eigenvalue weighted by atomic mass is 32.1. The molecule has 1 atom stereocenters. The van der Waals surface area contributed by atoms with E-state index in [2.05, 4.69) is 16.0 Å². The number of nitrogens with zero attached hydrogens (tertiary/aromatic N) is 1. The van der Waals surface area contributed by atoms with Crippen molar-refractivity contribution < 1.29 is 19.2 Å². The molecule has 26 heavy (non-hydrogen) atoms. The Bertz CT molecular complexity index is 941. The monoisotopic (exact) mass is 372 g/mol. The lowest BCUT2D eigenvalue weighted by Gasteiger charge is -2.11. The summed E-state index contributed by atoms with van der Waals surface area (Å²) in [7, 11) is 3.31. The third kappa shape index (κ3) is 3.54. The second kappa shape index (κ2) is 7.39. The molecule has 7 heteroatoms. The first-order chi connectivity index (χ1) is 12.4. The van der Waals surface area contributed by atoms with E-state index >= 15 is 0 Å². The molecule has 0 bridgehead atoms. The maximum atomic E-state index is 12.7. The average Bonchev–Trinajstić information content (AvgIpc) is 3.13. The molecule has 0 aliphatic heterocycles. The molecule has 0 radical (unpaired) electrons. The highest BCUT2D eigenvalue weighted by molar-refractivity contribution is 7.18. The van der Waals surface area contributed by atoms with Crippen LogP contribution in [0.5, 0.6) is 0 Å². The molecule has 1 unspecified atom stereocenters. The van der Waals surface area contributed by atoms with Crippen LogP contribution in [-0.4, -0.2) is 42.4 Å². The quantitative estimate of drug-likeness (QED) is 0.512. The van der Waals surface area contributed by atoms with Crippen molar-refractivity contribution in [2.45, 2.75) is 20.4 Å². The lowest BCUT2D eigenvalue weighted by Crippen LogP contribution is -3.08. The largest absolute Gasteiger partial charge is 0.465 e. The molecule has 6 nitrogen and oxygen atoms in total. The van der Waals surface area contributed by atoms with Crippen molar-refractivity contribution in [3.05, 3.63) is 51.8 Å². The molecule has 2 N–H and O–H groups in total. The van der Waals surface area contributed by atoms with Gasteiger partial charge in [-0.2, -0.15) is 0 Å². The van der Waals surface area contributed by atoms with E-state index in [1.54, 1.807) is 25.2 Å². The van der Waals surface area contributed by atoms with Crippen LogP contribution in [0.1, 0.15) is 37.1 Å². The number of nitrogens with one attached hydrogen (secondary N) is 2. The Hall–Kier alpha value is -2.51. The summed E-state index contributed by atoms with van der Waals surface area (Å²) in [5.74, 6) is -0.454. The highest BCUT2D eigenvalue weighted by Gasteiger charge is 2.24. The van der Waals surface area contributed by atoms with E-state index in [1.807, 2.05) is 25.2 Å². The van der Waals surface area contributed by atoms with Gasteiger partial charge in [-0.3, -0.25) is 4.79 Å². The number of thiazole rings is 1. The minimum Gasteiger partial charge on any atom is -0.465 e. The van der Waals surface area contributed by atoms with E-state index in [0.29, 0.717) is 35.6 Å². The van der Waals surface area contributed by atoms with Gasteiger partial charge in [-0.25, -0.2) is 9.78 Å². The number of rotatable bonds is 6. The molecule has 0 aliphatic rings. The van der Waals surface area contributed by atoms with E-state index in [4.69, 9.17) is 4.74 Å². The summed E-state index contributed by atoms with van der Waals surface area (Å²) in [6.45, 7) is 4.53. The Balaban J connectivity index is 1.72. The molecule has 0 amide bonds. The molecule has 3 rings (SSSR count). The number of aromatic nitrogens is 2. The van der Waals surface area contributed by atoms with Gasteiger partial charge in [0.25, 0.3) is 0 Å². The zero-order chi connectivity index (χ0) is 18.8. The van der Waals surface area contributed by atoms with Gasteiger partial charge in [0.1, 0.15) is 18.1 Å². The summed E-state index contributed by atoms with van der Waals surface area (Å²) in [5.41, 5.74) is 3.21. The van der Waals surface area contributed by atoms with E-state index < -0.39 is 5.97 Å². The van der Waals surface area contributed by atoms with Crippen LogP contribution in [0, 0.1) is 13.8 Å². The number of aryl methyl sites for hydroxylation is 1. The maximum Gasteiger partial charge on any atom is 0.339 e. The van der Waals surface area contributed by atoms with Crippen LogP contribution in [-0.2, 0) is 11.3 Å². The van der Waals surface area contributed by atoms with Crippen LogP contribution in [0.4, 0.5) is 0 Å². The fourth-order valence-electron chi connectivity index (χ4n) is 3.12. The predicted octanol–water partition coefficient (Wildman–Crippen LogP) is 1.93. The number of likely N-dealkylation sites (N-methyl/N-ethyl adjacent to an activating group) is 1. The highest BCUT2D eigenvalue weighted by Crippen LogP contribution is 2.21. The first-order valence-corrected chi connectivity index (χ1v) is 9.18. The number of benzene rings is 1. The van der Waals surface area contributed by atoms with Gasteiger partial charge in [-0.1, -0.05) is 12.1 Å². The summed E-state index contributed by atoms with van der Waals surface area (Å²) in [5, 5.41) is 1.01. The summed E-state index contributed by atoms with van der Waals surface area (Å²) >= 11 is 1.65. The minimum absolute atomic E-state index is 0.0284. The van der Waals surface area contributed by atoms with Gasteiger partial charge in [0.2, 0.25) is 5.78 Å². The number of hydrogen-bond donors (Lipinski definition) is 2. The van der Waals surface area contributed by atoms with Gasteiger partial charge in [0, 0.05) is 5.69 Å². The predicted molar refractivity (Wildman–Crippen MR) is 101 cm³/mol. The molecule has 0 saturated carbocycles. The number of aromatic amines is 1. The number of H-pyrrole nitrogens is 1. The van der Waals surface area contributed by atoms with Crippen molar-refractivity contribution in [3.63, 3.8) is 0 Å². The van der Waals surface area contributed by atoms with Crippen molar-refractivity contribution in [1.29, 1.82) is 0 Å². The molecule has 2 aromatic heterocycles. The molecule has 0 aliphatic carbocycles. The lowest BCUT2D eigenvalue weighted by atomic mass is 10.1. The van der Waals surface area contributed by atoms with E-state index in [9.17, 15) is 9.59 Å². The lowest BCUT2D eigenvalue weighted by molar-refractivity contribution is -0.884. The number of para-hydroxylation sites is 1. The molecule has 2 heterocycles. The van der Waals surface area contributed by atoms with Crippen molar-refractivity contribution in [1.82, 2.24) is 9.97 Å². The Kier molecular flexibility index (Phi) is 5.20. The number of hydrogen-bond acceptors (Lipinski definition) is 5. The number of carbonyl (C=O) groups excluding carboxylic acids is 2. The van der Waals surface area contributed by atoms with Gasteiger partial charge in [0.15, 0.2) is 0 Å². The molecule has 0 spiro atoms. The summed E-state index contributed by atoms with van der Waals surface area (Å²) in [4.78, 5) is 33.3. The van der Waals surface area contributed by atoms with Crippen LogP contribution >= 0.6 is 11.3 Å². The SMILES string of the molecule is COC(=O)c1c(C)[nH]c(C(=O)C[NH+](C)Cc2nc3ccccc3s2)c1C. The molecule has 1 aromatic carbocycles. The van der Waals surface area contributed by atoms with Gasteiger partial charge < -0.3 is 14.6 Å². The topological polar surface area (TPSA) is 76.5 Å². The second-order valence-corrected chi connectivity index (χ2v) is 7.54. The normalized spacial score (nSPS) is 12.3. The Morgan fingerprint density at radius 2 is 2.00 bits per heavy atom. The van der Waals surface area contributed by atoms with Gasteiger partial charge in [0.05, 0.1) is 35.6 Å². The van der Waals surface area contributed by atoms with Crippen LogP contribution in [0.2, 0.25) is 0 Å². The third-order valence-electron chi connectivity index (χ3n) is 4.36. The Morgan fingerprint density at radius 3 is 2.69 bits per heavy atom. The van der Waals surface area contributed by atoms with Crippen LogP contribution in [0.25, 0.3) is 10.2 Å². The third-order valence-corrected chi connectivity index (χ3v) is 5.40. The average molecular weight is 372 g/mol. The Morgan fingerprint density at radius 1 is 1.27 bits per heavy atom. The first-order valence-electron chi connectivity index (χ1n) is 8.37. The number of fused-ring (bicyclic) bond motifs is 1. The first kappa shape index (κ1) is 18.3. The summed E-state index contributed by atoms with van der Waals surface area (Å²) in [6, 6.07) is 8.02. The number of ketones is 1. The van der Waals surface area contributed by atoms with Gasteiger partial charge in [-0.15, -0.1) is 11.3 Å². The summed E-state index contributed by atoms with van der Waals surface area (Å²) in [6.07, 6.45) is 0. The zero-order valence-corrected chi connectivity index (χ0v) is 16.1.